The van der Waals surface area contributed by atoms with E-state index in [1.165, 1.54) is 0 Å². The minimum absolute atomic E-state index is 0.0305. The molecule has 0 aliphatic rings. The number of aromatic nitrogens is 2. The lowest BCUT2D eigenvalue weighted by atomic mass is 9.97. The molecule has 1 aromatic carbocycles. The molecule has 0 radical (unpaired) electrons. The Kier molecular flexibility index (Phi) is 4.89. The fourth-order valence-electron chi connectivity index (χ4n) is 2.10. The lowest BCUT2D eigenvalue weighted by Crippen LogP contribution is -2.28. The summed E-state index contributed by atoms with van der Waals surface area (Å²) in [6.45, 7) is 9.19. The average molecular weight is 384 g/mol. The monoisotopic (exact) mass is 383 g/mol. The summed E-state index contributed by atoms with van der Waals surface area (Å²) in [6, 6.07) is 3.00. The van der Waals surface area contributed by atoms with E-state index in [9.17, 15) is 9.18 Å². The number of hydrogen-bond acceptors (Lipinski definition) is 4. The number of rotatable bonds is 3. The molecule has 1 unspecified atom stereocenters. The maximum atomic E-state index is 13.9. The van der Waals surface area contributed by atoms with Crippen LogP contribution in [0.2, 0.25) is 0 Å². The van der Waals surface area contributed by atoms with Gasteiger partial charge in [0.25, 0.3) is 11.7 Å². The average Bonchev–Trinajstić information content (AvgIpc) is 2.94. The predicted octanol–water partition coefficient (Wildman–Crippen LogP) is 4.07. The van der Waals surface area contributed by atoms with Crippen molar-refractivity contribution in [3.63, 3.8) is 0 Å². The molecule has 1 aromatic heterocycles. The molecule has 0 aliphatic carbocycles. The minimum atomic E-state index is -0.459. The summed E-state index contributed by atoms with van der Waals surface area (Å²) >= 11 is 3.14. The molecule has 0 bridgehead atoms. The third-order valence-electron chi connectivity index (χ3n) is 3.47. The molecular weight excluding hydrogens is 365 g/mol. The van der Waals surface area contributed by atoms with E-state index >= 15 is 0 Å². The van der Waals surface area contributed by atoms with Crippen molar-refractivity contribution in [3.8, 4) is 0 Å². The van der Waals surface area contributed by atoms with E-state index in [1.807, 2.05) is 20.8 Å². The van der Waals surface area contributed by atoms with Gasteiger partial charge >= 0.3 is 0 Å². The number of halogens is 2. The van der Waals surface area contributed by atoms with Crippen LogP contribution in [-0.2, 0) is 5.41 Å². The van der Waals surface area contributed by atoms with Gasteiger partial charge in [-0.2, -0.15) is 4.98 Å². The normalized spacial score (nSPS) is 13.0. The highest BCUT2D eigenvalue weighted by Crippen LogP contribution is 2.26. The van der Waals surface area contributed by atoms with Gasteiger partial charge in [-0.1, -0.05) is 32.0 Å². The van der Waals surface area contributed by atoms with Crippen molar-refractivity contribution in [1.29, 1.82) is 0 Å². The van der Waals surface area contributed by atoms with Gasteiger partial charge in [-0.25, -0.2) is 4.39 Å². The molecule has 1 amide bonds. The van der Waals surface area contributed by atoms with Crippen LogP contribution >= 0.6 is 15.9 Å². The van der Waals surface area contributed by atoms with Crippen LogP contribution in [-0.4, -0.2) is 16.0 Å². The van der Waals surface area contributed by atoms with Gasteiger partial charge in [-0.15, -0.1) is 0 Å². The smallest absolute Gasteiger partial charge is 0.293 e. The van der Waals surface area contributed by atoms with Gasteiger partial charge in [0, 0.05) is 5.41 Å². The molecular formula is C16H19BrFN3O2. The first kappa shape index (κ1) is 17.6. The highest BCUT2D eigenvalue weighted by Gasteiger charge is 2.25. The highest BCUT2D eigenvalue weighted by molar-refractivity contribution is 9.10. The summed E-state index contributed by atoms with van der Waals surface area (Å²) in [5, 5.41) is 6.46. The number of amides is 1. The van der Waals surface area contributed by atoms with Gasteiger partial charge in [0.15, 0.2) is 0 Å². The zero-order valence-corrected chi connectivity index (χ0v) is 15.3. The van der Waals surface area contributed by atoms with Crippen LogP contribution in [0.1, 0.15) is 61.4 Å². The van der Waals surface area contributed by atoms with E-state index in [2.05, 4.69) is 31.4 Å². The molecule has 0 spiro atoms. The van der Waals surface area contributed by atoms with Crippen molar-refractivity contribution in [2.75, 3.05) is 0 Å². The maximum Gasteiger partial charge on any atom is 0.293 e. The fourth-order valence-corrected chi connectivity index (χ4v) is 2.52. The fraction of sp³-hybridized carbons (Fsp3) is 0.438. The van der Waals surface area contributed by atoms with Gasteiger partial charge in [0.2, 0.25) is 5.89 Å². The number of nitrogens with zero attached hydrogens (tertiary/aromatic N) is 2. The van der Waals surface area contributed by atoms with Crippen molar-refractivity contribution in [2.45, 2.75) is 46.1 Å². The number of carbonyl (C=O) groups excluding carboxylic acids is 1. The van der Waals surface area contributed by atoms with Crippen molar-refractivity contribution < 1.29 is 13.7 Å². The third-order valence-corrected chi connectivity index (χ3v) is 4.08. The molecule has 1 N–H and O–H groups in total. The summed E-state index contributed by atoms with van der Waals surface area (Å²) in [5.74, 6) is -0.434. The Bertz CT molecular complexity index is 737. The quantitative estimate of drug-likeness (QED) is 0.867. The number of nitrogens with one attached hydrogen (secondary N) is 1. The van der Waals surface area contributed by atoms with E-state index in [-0.39, 0.29) is 23.1 Å². The predicted molar refractivity (Wildman–Crippen MR) is 87.7 cm³/mol. The van der Waals surface area contributed by atoms with E-state index in [1.54, 1.807) is 26.0 Å². The molecule has 1 atom stereocenters. The first-order chi connectivity index (χ1) is 10.6. The Hall–Kier alpha value is -1.76. The Balaban J connectivity index is 2.17. The van der Waals surface area contributed by atoms with E-state index in [0.717, 1.165) is 0 Å². The second kappa shape index (κ2) is 6.39. The summed E-state index contributed by atoms with van der Waals surface area (Å²) < 4.78 is 19.4. The molecule has 5 nitrogen and oxygen atoms in total. The second-order valence-corrected chi connectivity index (χ2v) is 7.30. The Morgan fingerprint density at radius 3 is 2.61 bits per heavy atom. The molecule has 7 heteroatoms. The Labute approximate surface area is 142 Å². The summed E-state index contributed by atoms with van der Waals surface area (Å²) in [4.78, 5) is 16.3. The Morgan fingerprint density at radius 1 is 1.39 bits per heavy atom. The molecule has 0 aliphatic heterocycles. The minimum Gasteiger partial charge on any atom is -0.343 e. The largest absolute Gasteiger partial charge is 0.343 e. The van der Waals surface area contributed by atoms with E-state index in [0.29, 0.717) is 21.5 Å². The first-order valence-electron chi connectivity index (χ1n) is 7.20. The van der Waals surface area contributed by atoms with Crippen LogP contribution in [0, 0.1) is 12.7 Å². The van der Waals surface area contributed by atoms with Gasteiger partial charge < -0.3 is 9.84 Å². The lowest BCUT2D eigenvalue weighted by molar-refractivity contribution is 0.0926. The molecule has 2 aromatic rings. The molecule has 124 valence electrons. The SMILES string of the molecule is Cc1c(C(C)NC(=O)c2noc(C(C)(C)C)n2)ccc(Br)c1F. The van der Waals surface area contributed by atoms with Gasteiger partial charge in [-0.3, -0.25) is 4.79 Å². The topological polar surface area (TPSA) is 68.0 Å². The van der Waals surface area contributed by atoms with Crippen molar-refractivity contribution >= 4 is 21.8 Å². The molecule has 0 fully saturated rings. The molecule has 1 heterocycles. The van der Waals surface area contributed by atoms with Gasteiger partial charge in [-0.05, 0) is 47.0 Å². The van der Waals surface area contributed by atoms with Crippen LogP contribution in [0.15, 0.2) is 21.1 Å². The van der Waals surface area contributed by atoms with Crippen LogP contribution in [0.5, 0.6) is 0 Å². The first-order valence-corrected chi connectivity index (χ1v) is 8.00. The standard InChI is InChI=1S/C16H19BrFN3O2/c1-8-10(6-7-11(17)12(8)18)9(2)19-14(22)13-20-15(23-21-13)16(3,4)5/h6-7,9H,1-5H3,(H,19,22). The second-order valence-electron chi connectivity index (χ2n) is 6.44. The zero-order chi connectivity index (χ0) is 17.4. The highest BCUT2D eigenvalue weighted by atomic mass is 79.9. The summed E-state index contributed by atoms with van der Waals surface area (Å²) in [5.41, 5.74) is 0.844. The van der Waals surface area contributed by atoms with Gasteiger partial charge in [0.1, 0.15) is 5.82 Å². The number of carbonyl (C=O) groups is 1. The molecule has 0 saturated carbocycles. The maximum absolute atomic E-state index is 13.9. The van der Waals surface area contributed by atoms with Crippen molar-refractivity contribution in [1.82, 2.24) is 15.5 Å². The van der Waals surface area contributed by atoms with Crippen LogP contribution in [0.4, 0.5) is 4.39 Å². The summed E-state index contributed by atoms with van der Waals surface area (Å²) in [6.07, 6.45) is 0. The lowest BCUT2D eigenvalue weighted by Gasteiger charge is -2.16. The zero-order valence-electron chi connectivity index (χ0n) is 13.7. The van der Waals surface area contributed by atoms with E-state index in [4.69, 9.17) is 4.52 Å². The number of benzene rings is 1. The summed E-state index contributed by atoms with van der Waals surface area (Å²) in [7, 11) is 0. The van der Waals surface area contributed by atoms with Crippen molar-refractivity contribution in [3.05, 3.63) is 45.3 Å². The Morgan fingerprint density at radius 2 is 2.04 bits per heavy atom. The van der Waals surface area contributed by atoms with Crippen molar-refractivity contribution in [2.24, 2.45) is 0 Å². The molecule has 23 heavy (non-hydrogen) atoms. The van der Waals surface area contributed by atoms with Crippen LogP contribution in [0.25, 0.3) is 0 Å². The molecule has 2 rings (SSSR count). The van der Waals surface area contributed by atoms with Crippen LogP contribution in [0.3, 0.4) is 0 Å². The van der Waals surface area contributed by atoms with Crippen LogP contribution < -0.4 is 5.32 Å². The number of hydrogen-bond donors (Lipinski definition) is 1. The third kappa shape index (κ3) is 3.77. The molecule has 0 saturated heterocycles. The van der Waals surface area contributed by atoms with Gasteiger partial charge in [0.05, 0.1) is 10.5 Å². The van der Waals surface area contributed by atoms with E-state index < -0.39 is 5.91 Å².